The van der Waals surface area contributed by atoms with Crippen molar-refractivity contribution in [1.82, 2.24) is 0 Å². The van der Waals surface area contributed by atoms with Crippen LogP contribution in [-0.2, 0) is 6.42 Å². The molecular weight excluding hydrogens is 239 g/mol. The van der Waals surface area contributed by atoms with E-state index >= 15 is 0 Å². The van der Waals surface area contributed by atoms with Crippen LogP contribution in [0.5, 0.6) is 5.75 Å². The average Bonchev–Trinajstić information content (AvgIpc) is 2.43. The third-order valence-corrected chi connectivity index (χ3v) is 2.97. The number of hydrogen-bond donors (Lipinski definition) is 0. The molecule has 0 spiro atoms. The van der Waals surface area contributed by atoms with E-state index in [1.165, 1.54) is 17.2 Å². The third kappa shape index (κ3) is 3.44. The highest BCUT2D eigenvalue weighted by molar-refractivity contribution is 5.60. The van der Waals surface area contributed by atoms with Crippen molar-refractivity contribution in [2.45, 2.75) is 19.8 Å². The first kappa shape index (κ1) is 13.3. The molecule has 0 bridgehead atoms. The van der Waals surface area contributed by atoms with E-state index in [9.17, 15) is 4.39 Å². The number of ether oxygens (including phenoxy) is 1. The van der Waals surface area contributed by atoms with E-state index in [4.69, 9.17) is 4.74 Å². The van der Waals surface area contributed by atoms with Crippen LogP contribution >= 0.6 is 0 Å². The Morgan fingerprint density at radius 3 is 2.95 bits per heavy atom. The largest absolute Gasteiger partial charge is 0.457 e. The first-order chi connectivity index (χ1) is 9.20. The molecule has 0 amide bonds. The molecule has 0 N–H and O–H groups in total. The van der Waals surface area contributed by atoms with Gasteiger partial charge in [-0.25, -0.2) is 4.39 Å². The molecule has 0 aliphatic heterocycles. The summed E-state index contributed by atoms with van der Waals surface area (Å²) < 4.78 is 18.5. The van der Waals surface area contributed by atoms with Gasteiger partial charge in [0.15, 0.2) is 0 Å². The van der Waals surface area contributed by atoms with E-state index in [0.717, 1.165) is 18.6 Å². The summed E-state index contributed by atoms with van der Waals surface area (Å²) in [7, 11) is 0. The Balaban J connectivity index is 2.24. The van der Waals surface area contributed by atoms with Gasteiger partial charge < -0.3 is 4.74 Å². The van der Waals surface area contributed by atoms with Gasteiger partial charge in [0.2, 0.25) is 0 Å². The van der Waals surface area contributed by atoms with E-state index < -0.39 is 5.83 Å². The van der Waals surface area contributed by atoms with Crippen LogP contribution in [0.3, 0.4) is 0 Å². The molecule has 0 heterocycles. The summed E-state index contributed by atoms with van der Waals surface area (Å²) in [5.41, 5.74) is 2.40. The molecule has 1 aliphatic carbocycles. The fraction of sp³-hybridized carbons (Fsp3) is 0.176. The lowest BCUT2D eigenvalue weighted by Crippen LogP contribution is -2.00. The van der Waals surface area contributed by atoms with E-state index in [-0.39, 0.29) is 0 Å². The van der Waals surface area contributed by atoms with Gasteiger partial charge in [0.05, 0.1) is 0 Å². The fourth-order valence-corrected chi connectivity index (χ4v) is 2.03. The van der Waals surface area contributed by atoms with Crippen molar-refractivity contribution in [3.05, 3.63) is 71.8 Å². The van der Waals surface area contributed by atoms with E-state index in [0.29, 0.717) is 5.76 Å². The Morgan fingerprint density at radius 2 is 2.21 bits per heavy atom. The minimum Gasteiger partial charge on any atom is -0.457 e. The number of fused-ring (bicyclic) bond motifs is 1. The van der Waals surface area contributed by atoms with Gasteiger partial charge in [-0.05, 0) is 49.6 Å². The van der Waals surface area contributed by atoms with Crippen LogP contribution in [-0.4, -0.2) is 0 Å². The van der Waals surface area contributed by atoms with Crippen molar-refractivity contribution >= 4 is 6.08 Å². The summed E-state index contributed by atoms with van der Waals surface area (Å²) in [5, 5.41) is 0. The Labute approximate surface area is 113 Å². The lowest BCUT2D eigenvalue weighted by atomic mass is 9.96. The molecule has 1 nitrogen and oxygen atoms in total. The molecule has 98 valence electrons. The van der Waals surface area contributed by atoms with Crippen LogP contribution < -0.4 is 4.74 Å². The predicted octanol–water partition coefficient (Wildman–Crippen LogP) is 4.97. The molecule has 19 heavy (non-hydrogen) atoms. The molecule has 0 saturated heterocycles. The van der Waals surface area contributed by atoms with E-state index in [1.54, 1.807) is 12.2 Å². The standard InChI is InChI=1S/C17H17FO/c1-3-15(12-11-13(2)18)19-17-10-6-8-14-7-4-5-9-16(14)17/h3-4,6-8,10-12H,2,5,9H2,1H3/b12-11-,15-3+. The van der Waals surface area contributed by atoms with Gasteiger partial charge in [0.1, 0.15) is 17.3 Å². The first-order valence-electron chi connectivity index (χ1n) is 6.36. The Bertz CT molecular complexity index is 565. The molecule has 0 atom stereocenters. The molecule has 0 radical (unpaired) electrons. The van der Waals surface area contributed by atoms with Crippen LogP contribution in [0.1, 0.15) is 24.5 Å². The highest BCUT2D eigenvalue weighted by atomic mass is 19.1. The third-order valence-electron chi connectivity index (χ3n) is 2.97. The summed E-state index contributed by atoms with van der Waals surface area (Å²) in [6, 6.07) is 5.99. The van der Waals surface area contributed by atoms with Crippen molar-refractivity contribution in [3.8, 4) is 5.75 Å². The summed E-state index contributed by atoms with van der Waals surface area (Å²) in [6.07, 6.45) is 11.0. The fourth-order valence-electron chi connectivity index (χ4n) is 2.03. The molecule has 0 unspecified atom stereocenters. The minimum atomic E-state index is -0.485. The summed E-state index contributed by atoms with van der Waals surface area (Å²) in [4.78, 5) is 0. The summed E-state index contributed by atoms with van der Waals surface area (Å²) in [6.45, 7) is 5.05. The zero-order chi connectivity index (χ0) is 13.7. The summed E-state index contributed by atoms with van der Waals surface area (Å²) in [5.74, 6) is 0.965. The van der Waals surface area contributed by atoms with Gasteiger partial charge in [-0.3, -0.25) is 0 Å². The maximum absolute atomic E-state index is 12.6. The van der Waals surface area contributed by atoms with E-state index in [1.807, 2.05) is 19.1 Å². The smallest absolute Gasteiger partial charge is 0.131 e. The molecule has 0 aromatic heterocycles. The zero-order valence-corrected chi connectivity index (χ0v) is 11.0. The van der Waals surface area contributed by atoms with Crippen molar-refractivity contribution in [1.29, 1.82) is 0 Å². The molecule has 0 fully saturated rings. The van der Waals surface area contributed by atoms with Crippen LogP contribution in [0.2, 0.25) is 0 Å². The Morgan fingerprint density at radius 1 is 1.37 bits per heavy atom. The normalized spacial score (nSPS) is 14.5. The van der Waals surface area contributed by atoms with Crippen LogP contribution in [0.15, 0.2) is 60.7 Å². The predicted molar refractivity (Wildman–Crippen MR) is 77.6 cm³/mol. The van der Waals surface area contributed by atoms with Gasteiger partial charge in [0, 0.05) is 5.56 Å². The van der Waals surface area contributed by atoms with Gasteiger partial charge in [-0.2, -0.15) is 0 Å². The van der Waals surface area contributed by atoms with Crippen molar-refractivity contribution in [3.63, 3.8) is 0 Å². The van der Waals surface area contributed by atoms with Crippen molar-refractivity contribution in [2.24, 2.45) is 0 Å². The monoisotopic (exact) mass is 256 g/mol. The maximum Gasteiger partial charge on any atom is 0.131 e. The molecule has 0 saturated carbocycles. The average molecular weight is 256 g/mol. The molecule has 1 aromatic carbocycles. The SMILES string of the molecule is C=C(F)/C=C\C(=C/C)Oc1cccc2c1CCC=C2. The van der Waals surface area contributed by atoms with Crippen LogP contribution in [0.4, 0.5) is 4.39 Å². The van der Waals surface area contributed by atoms with Gasteiger partial charge in [-0.15, -0.1) is 0 Å². The molecule has 1 aromatic rings. The lowest BCUT2D eigenvalue weighted by molar-refractivity contribution is 0.437. The first-order valence-corrected chi connectivity index (χ1v) is 6.36. The van der Waals surface area contributed by atoms with E-state index in [2.05, 4.69) is 24.8 Å². The number of benzene rings is 1. The lowest BCUT2D eigenvalue weighted by Gasteiger charge is -2.16. The number of rotatable bonds is 4. The van der Waals surface area contributed by atoms with Gasteiger partial charge in [0.25, 0.3) is 0 Å². The van der Waals surface area contributed by atoms with Gasteiger partial charge in [-0.1, -0.05) is 30.9 Å². The number of halogens is 1. The molecule has 2 heteroatoms. The maximum atomic E-state index is 12.6. The van der Waals surface area contributed by atoms with Crippen LogP contribution in [0, 0.1) is 0 Å². The zero-order valence-electron chi connectivity index (χ0n) is 11.0. The molecule has 2 rings (SSSR count). The van der Waals surface area contributed by atoms with Crippen molar-refractivity contribution in [2.75, 3.05) is 0 Å². The molecular formula is C17H17FO. The van der Waals surface area contributed by atoms with Crippen LogP contribution in [0.25, 0.3) is 6.08 Å². The highest BCUT2D eigenvalue weighted by Crippen LogP contribution is 2.29. The molecule has 1 aliphatic rings. The topological polar surface area (TPSA) is 9.23 Å². The van der Waals surface area contributed by atoms with Gasteiger partial charge >= 0.3 is 0 Å². The Hall–Kier alpha value is -2.09. The second-order valence-electron chi connectivity index (χ2n) is 4.34. The second kappa shape index (κ2) is 6.19. The van der Waals surface area contributed by atoms with Crippen molar-refractivity contribution < 1.29 is 9.13 Å². The number of allylic oxidation sites excluding steroid dienone is 5. The minimum absolute atomic E-state index is 0.485. The Kier molecular flexibility index (Phi) is 4.35. The number of hydrogen-bond acceptors (Lipinski definition) is 1. The highest BCUT2D eigenvalue weighted by Gasteiger charge is 2.11. The quantitative estimate of drug-likeness (QED) is 0.546. The summed E-state index contributed by atoms with van der Waals surface area (Å²) >= 11 is 0. The second-order valence-corrected chi connectivity index (χ2v) is 4.34.